The lowest BCUT2D eigenvalue weighted by atomic mass is 9.99. The molecule has 0 saturated heterocycles. The Labute approximate surface area is 175 Å². The largest absolute Gasteiger partial charge is 0.319 e. The van der Waals surface area contributed by atoms with Crippen LogP contribution in [0.4, 0.5) is 10.1 Å². The number of hydrogen-bond donors (Lipinski definition) is 2. The van der Waals surface area contributed by atoms with Crippen molar-refractivity contribution in [1.82, 2.24) is 10.3 Å². The molecule has 1 fully saturated rings. The number of rotatable bonds is 3. The highest BCUT2D eigenvalue weighted by Gasteiger charge is 2.25. The van der Waals surface area contributed by atoms with Gasteiger partial charge in [-0.3, -0.25) is 4.79 Å². The molecule has 4 nitrogen and oxygen atoms in total. The van der Waals surface area contributed by atoms with Crippen LogP contribution in [0, 0.1) is 12.7 Å². The average Bonchev–Trinajstić information content (AvgIpc) is 3.27. The van der Waals surface area contributed by atoms with E-state index < -0.39 is 0 Å². The summed E-state index contributed by atoms with van der Waals surface area (Å²) in [7, 11) is 0. The number of fused-ring (bicyclic) bond motifs is 1. The van der Waals surface area contributed by atoms with Crippen LogP contribution in [0.25, 0.3) is 0 Å². The standard InChI is InChI=1S/C19H22FN3OS.2ClH/c1-11-17(25-19(22-11)12-4-2-3-5-12)18(24)23-15-7-6-13-10-21-9-8-14(13)16(15)20;;/h6-7,12,21H,2-5,8-10H2,1H3,(H,23,24);2*1H. The van der Waals surface area contributed by atoms with Gasteiger partial charge in [-0.1, -0.05) is 18.9 Å². The first-order valence-corrected chi connectivity index (χ1v) is 9.75. The second-order valence-corrected chi connectivity index (χ2v) is 7.92. The van der Waals surface area contributed by atoms with Gasteiger partial charge in [-0.05, 0) is 49.9 Å². The van der Waals surface area contributed by atoms with E-state index in [0.717, 1.165) is 35.7 Å². The van der Waals surface area contributed by atoms with Crippen molar-refractivity contribution in [3.05, 3.63) is 44.7 Å². The fourth-order valence-electron chi connectivity index (χ4n) is 3.78. The summed E-state index contributed by atoms with van der Waals surface area (Å²) in [6.45, 7) is 3.30. The van der Waals surface area contributed by atoms with Crippen LogP contribution in [0.15, 0.2) is 12.1 Å². The molecule has 0 spiro atoms. The number of nitrogens with one attached hydrogen (secondary N) is 2. The molecule has 1 saturated carbocycles. The zero-order valence-electron chi connectivity index (χ0n) is 15.1. The van der Waals surface area contributed by atoms with E-state index in [9.17, 15) is 9.18 Å². The third kappa shape index (κ3) is 4.45. The Hall–Kier alpha value is -1.21. The molecular weight excluding hydrogens is 408 g/mol. The molecule has 2 heterocycles. The molecule has 1 aromatic carbocycles. The van der Waals surface area contributed by atoms with Gasteiger partial charge in [0, 0.05) is 12.5 Å². The summed E-state index contributed by atoms with van der Waals surface area (Å²) >= 11 is 1.46. The van der Waals surface area contributed by atoms with Crippen LogP contribution in [-0.2, 0) is 13.0 Å². The molecule has 1 aromatic heterocycles. The van der Waals surface area contributed by atoms with Gasteiger partial charge in [0.2, 0.25) is 0 Å². The Morgan fingerprint density at radius 1 is 1.30 bits per heavy atom. The van der Waals surface area contributed by atoms with E-state index in [2.05, 4.69) is 15.6 Å². The molecule has 8 heteroatoms. The van der Waals surface area contributed by atoms with Crippen molar-refractivity contribution < 1.29 is 9.18 Å². The van der Waals surface area contributed by atoms with Gasteiger partial charge in [0.05, 0.1) is 16.4 Å². The molecule has 0 bridgehead atoms. The molecule has 4 rings (SSSR count). The van der Waals surface area contributed by atoms with E-state index in [4.69, 9.17) is 0 Å². The molecule has 1 amide bonds. The van der Waals surface area contributed by atoms with Crippen molar-refractivity contribution in [2.75, 3.05) is 11.9 Å². The maximum atomic E-state index is 14.7. The summed E-state index contributed by atoms with van der Waals surface area (Å²) in [6.07, 6.45) is 5.43. The monoisotopic (exact) mass is 431 g/mol. The van der Waals surface area contributed by atoms with Gasteiger partial charge in [-0.15, -0.1) is 36.2 Å². The Morgan fingerprint density at radius 3 is 2.78 bits per heavy atom. The number of nitrogens with zero attached hydrogens (tertiary/aromatic N) is 1. The predicted octanol–water partition coefficient (Wildman–Crippen LogP) is 4.99. The van der Waals surface area contributed by atoms with Crippen molar-refractivity contribution in [2.45, 2.75) is 51.5 Å². The Kier molecular flexibility index (Phi) is 7.63. The first-order valence-electron chi connectivity index (χ1n) is 8.93. The topological polar surface area (TPSA) is 54.0 Å². The van der Waals surface area contributed by atoms with Crippen LogP contribution < -0.4 is 10.6 Å². The van der Waals surface area contributed by atoms with E-state index >= 15 is 0 Å². The van der Waals surface area contributed by atoms with Gasteiger partial charge >= 0.3 is 0 Å². The van der Waals surface area contributed by atoms with Gasteiger partial charge in [0.1, 0.15) is 10.7 Å². The molecule has 1 aliphatic carbocycles. The molecule has 148 valence electrons. The van der Waals surface area contributed by atoms with Crippen LogP contribution in [0.5, 0.6) is 0 Å². The first kappa shape index (κ1) is 22.1. The van der Waals surface area contributed by atoms with E-state index in [0.29, 0.717) is 29.3 Å². The molecule has 2 N–H and O–H groups in total. The van der Waals surface area contributed by atoms with Gasteiger partial charge in [0.15, 0.2) is 0 Å². The number of hydrogen-bond acceptors (Lipinski definition) is 4. The van der Waals surface area contributed by atoms with E-state index in [1.807, 2.05) is 13.0 Å². The lowest BCUT2D eigenvalue weighted by Gasteiger charge is -2.19. The van der Waals surface area contributed by atoms with Crippen molar-refractivity contribution in [2.24, 2.45) is 0 Å². The Bertz CT molecular complexity index is 822. The van der Waals surface area contributed by atoms with E-state index in [-0.39, 0.29) is 42.2 Å². The van der Waals surface area contributed by atoms with Crippen molar-refractivity contribution in [3.8, 4) is 0 Å². The lowest BCUT2D eigenvalue weighted by Crippen LogP contribution is -2.25. The number of halogens is 3. The summed E-state index contributed by atoms with van der Waals surface area (Å²) in [5, 5.41) is 7.04. The first-order chi connectivity index (χ1) is 12.1. The number of aromatic nitrogens is 1. The van der Waals surface area contributed by atoms with Crippen molar-refractivity contribution in [3.63, 3.8) is 0 Å². The maximum absolute atomic E-state index is 14.7. The zero-order valence-corrected chi connectivity index (χ0v) is 17.6. The number of aryl methyl sites for hydroxylation is 1. The number of thiazole rings is 1. The van der Waals surface area contributed by atoms with Gasteiger partial charge < -0.3 is 10.6 Å². The summed E-state index contributed by atoms with van der Waals surface area (Å²) in [5.74, 6) is -0.0733. The second kappa shape index (κ2) is 9.32. The minimum absolute atomic E-state index is 0. The smallest absolute Gasteiger partial charge is 0.267 e. The third-order valence-electron chi connectivity index (χ3n) is 5.18. The highest BCUT2D eigenvalue weighted by Crippen LogP contribution is 2.37. The molecule has 2 aliphatic rings. The van der Waals surface area contributed by atoms with Crippen molar-refractivity contribution in [1.29, 1.82) is 0 Å². The molecule has 0 unspecified atom stereocenters. The van der Waals surface area contributed by atoms with Crippen LogP contribution in [0.3, 0.4) is 0 Å². The fraction of sp³-hybridized carbons (Fsp3) is 0.474. The number of benzene rings is 1. The number of anilines is 1. The molecule has 0 radical (unpaired) electrons. The van der Waals surface area contributed by atoms with Crippen LogP contribution in [-0.4, -0.2) is 17.4 Å². The van der Waals surface area contributed by atoms with Crippen molar-refractivity contribution >= 4 is 47.7 Å². The maximum Gasteiger partial charge on any atom is 0.267 e. The fourth-order valence-corrected chi connectivity index (χ4v) is 4.92. The Morgan fingerprint density at radius 2 is 2.04 bits per heavy atom. The molecule has 0 atom stereocenters. The minimum atomic E-state index is -0.300. The zero-order chi connectivity index (χ0) is 17.4. The van der Waals surface area contributed by atoms with Crippen LogP contribution in [0.1, 0.15) is 63.1 Å². The quantitative estimate of drug-likeness (QED) is 0.719. The molecule has 1 aliphatic heterocycles. The van der Waals surface area contributed by atoms with Gasteiger partial charge in [-0.25, -0.2) is 9.37 Å². The minimum Gasteiger partial charge on any atom is -0.319 e. The number of amides is 1. The van der Waals surface area contributed by atoms with Crippen LogP contribution >= 0.6 is 36.2 Å². The lowest BCUT2D eigenvalue weighted by molar-refractivity contribution is 0.102. The summed E-state index contributed by atoms with van der Waals surface area (Å²) in [4.78, 5) is 17.9. The molecule has 27 heavy (non-hydrogen) atoms. The Balaban J connectivity index is 0.00000131. The summed E-state index contributed by atoms with van der Waals surface area (Å²) in [5.41, 5.74) is 2.69. The summed E-state index contributed by atoms with van der Waals surface area (Å²) in [6, 6.07) is 3.55. The highest BCUT2D eigenvalue weighted by molar-refractivity contribution is 7.14. The number of carbonyl (C=O) groups is 1. The van der Waals surface area contributed by atoms with Gasteiger partial charge in [-0.2, -0.15) is 0 Å². The highest BCUT2D eigenvalue weighted by atomic mass is 35.5. The van der Waals surface area contributed by atoms with Gasteiger partial charge in [0.25, 0.3) is 5.91 Å². The van der Waals surface area contributed by atoms with E-state index in [1.165, 1.54) is 24.2 Å². The normalized spacial score (nSPS) is 16.2. The predicted molar refractivity (Wildman–Crippen MR) is 112 cm³/mol. The SMILES string of the molecule is Cc1nc(C2CCCC2)sc1C(=O)Nc1ccc2c(c1F)CCNC2.Cl.Cl. The number of carbonyl (C=O) groups excluding carboxylic acids is 1. The third-order valence-corrected chi connectivity index (χ3v) is 6.50. The molecule has 2 aromatic rings. The molecular formula is C19H24Cl2FN3OS. The average molecular weight is 432 g/mol. The van der Waals surface area contributed by atoms with E-state index in [1.54, 1.807) is 6.07 Å². The summed E-state index contributed by atoms with van der Waals surface area (Å²) < 4.78 is 14.7. The second-order valence-electron chi connectivity index (χ2n) is 6.89. The van der Waals surface area contributed by atoms with Crippen LogP contribution in [0.2, 0.25) is 0 Å².